The minimum Gasteiger partial charge on any atom is -0.485 e. The van der Waals surface area contributed by atoms with Gasteiger partial charge in [0.05, 0.1) is 0 Å². The minimum atomic E-state index is -0.562. The average Bonchev–Trinajstić information content (AvgIpc) is 2.53. The molecule has 1 saturated heterocycles. The molecule has 1 fully saturated rings. The second kappa shape index (κ2) is 6.13. The van der Waals surface area contributed by atoms with Crippen LogP contribution in [0, 0.1) is 0 Å². The van der Waals surface area contributed by atoms with Gasteiger partial charge in [-0.1, -0.05) is 18.6 Å². The monoisotopic (exact) mass is 276 g/mol. The molecule has 0 unspecified atom stereocenters. The third kappa shape index (κ3) is 3.04. The predicted octanol–water partition coefficient (Wildman–Crippen LogP) is 1.08. The number of nitrogens with one attached hydrogen (secondary N) is 2. The zero-order valence-corrected chi connectivity index (χ0v) is 11.4. The van der Waals surface area contributed by atoms with Crippen LogP contribution in [-0.2, 0) is 4.79 Å². The van der Waals surface area contributed by atoms with Crippen LogP contribution >= 0.6 is 0 Å². The van der Waals surface area contributed by atoms with E-state index in [1.54, 1.807) is 0 Å². The normalized spacial score (nSPS) is 25.0. The fourth-order valence-electron chi connectivity index (χ4n) is 2.58. The third-order valence-electron chi connectivity index (χ3n) is 3.74. The number of amides is 1. The summed E-state index contributed by atoms with van der Waals surface area (Å²) in [6.07, 6.45) is 3.00. The van der Waals surface area contributed by atoms with Gasteiger partial charge in [-0.2, -0.15) is 0 Å². The van der Waals surface area contributed by atoms with Gasteiger partial charge in [0.1, 0.15) is 6.61 Å². The van der Waals surface area contributed by atoms with E-state index in [2.05, 4.69) is 10.6 Å². The maximum atomic E-state index is 12.1. The quantitative estimate of drug-likeness (QED) is 0.867. The number of carbonyl (C=O) groups is 1. The largest absolute Gasteiger partial charge is 0.485 e. The van der Waals surface area contributed by atoms with Crippen molar-refractivity contribution in [3.05, 3.63) is 24.3 Å². The molecule has 108 valence electrons. The Labute approximate surface area is 118 Å². The highest BCUT2D eigenvalue weighted by atomic mass is 16.6. The summed E-state index contributed by atoms with van der Waals surface area (Å²) in [5.74, 6) is 1.23. The number of fused-ring (bicyclic) bond motifs is 1. The summed E-state index contributed by atoms with van der Waals surface area (Å²) >= 11 is 0. The van der Waals surface area contributed by atoms with Crippen LogP contribution in [0.25, 0.3) is 0 Å². The van der Waals surface area contributed by atoms with Crippen LogP contribution in [-0.4, -0.2) is 37.7 Å². The van der Waals surface area contributed by atoms with Crippen molar-refractivity contribution < 1.29 is 14.3 Å². The van der Waals surface area contributed by atoms with Crippen LogP contribution < -0.4 is 20.1 Å². The van der Waals surface area contributed by atoms with Crippen molar-refractivity contribution in [3.63, 3.8) is 0 Å². The lowest BCUT2D eigenvalue weighted by molar-refractivity contribution is -0.130. The number of carbonyl (C=O) groups excluding carboxylic acids is 1. The van der Waals surface area contributed by atoms with E-state index in [1.165, 1.54) is 12.8 Å². The molecule has 5 heteroatoms. The molecule has 2 atom stereocenters. The zero-order valence-electron chi connectivity index (χ0n) is 11.4. The van der Waals surface area contributed by atoms with E-state index in [1.807, 2.05) is 24.3 Å². The summed E-state index contributed by atoms with van der Waals surface area (Å²) in [6.45, 7) is 1.96. The second-order valence-electron chi connectivity index (χ2n) is 5.26. The predicted molar refractivity (Wildman–Crippen MR) is 75.0 cm³/mol. The van der Waals surface area contributed by atoms with E-state index in [4.69, 9.17) is 9.47 Å². The lowest BCUT2D eigenvalue weighted by Gasteiger charge is -2.27. The molecule has 2 aliphatic heterocycles. The Morgan fingerprint density at radius 1 is 1.30 bits per heavy atom. The maximum Gasteiger partial charge on any atom is 0.264 e. The van der Waals surface area contributed by atoms with E-state index >= 15 is 0 Å². The van der Waals surface area contributed by atoms with Crippen molar-refractivity contribution >= 4 is 5.91 Å². The van der Waals surface area contributed by atoms with E-state index in [9.17, 15) is 4.79 Å². The number of benzene rings is 1. The highest BCUT2D eigenvalue weighted by molar-refractivity contribution is 5.81. The molecule has 2 aliphatic rings. The standard InChI is InChI=1S/C15H20N2O3/c18-15(17-9-11-5-3-4-8-16-11)14-10-19-12-6-1-2-7-13(12)20-14/h1-2,6-7,11,14,16H,3-5,8-10H2,(H,17,18)/t11-,14+/m0/s1. The molecule has 0 radical (unpaired) electrons. The number of piperidine rings is 1. The molecule has 2 N–H and O–H groups in total. The molecule has 0 bridgehead atoms. The Morgan fingerprint density at radius 2 is 2.15 bits per heavy atom. The molecular weight excluding hydrogens is 256 g/mol. The Balaban J connectivity index is 1.51. The molecule has 0 spiro atoms. The van der Waals surface area contributed by atoms with Crippen molar-refractivity contribution in [2.75, 3.05) is 19.7 Å². The zero-order chi connectivity index (χ0) is 13.8. The smallest absolute Gasteiger partial charge is 0.264 e. The van der Waals surface area contributed by atoms with Crippen molar-refractivity contribution in [1.29, 1.82) is 0 Å². The first-order valence-electron chi connectivity index (χ1n) is 7.22. The van der Waals surface area contributed by atoms with Gasteiger partial charge in [0.2, 0.25) is 6.10 Å². The summed E-state index contributed by atoms with van der Waals surface area (Å²) in [7, 11) is 0. The van der Waals surface area contributed by atoms with Crippen LogP contribution in [0.5, 0.6) is 11.5 Å². The van der Waals surface area contributed by atoms with Gasteiger partial charge in [-0.3, -0.25) is 4.79 Å². The van der Waals surface area contributed by atoms with E-state index in [-0.39, 0.29) is 12.5 Å². The molecule has 2 heterocycles. The Morgan fingerprint density at radius 3 is 2.95 bits per heavy atom. The van der Waals surface area contributed by atoms with Crippen LogP contribution in [0.2, 0.25) is 0 Å². The average molecular weight is 276 g/mol. The molecule has 1 aromatic carbocycles. The van der Waals surface area contributed by atoms with E-state index in [0.717, 1.165) is 13.0 Å². The number of ether oxygens (including phenoxy) is 2. The molecule has 1 amide bonds. The SMILES string of the molecule is O=C(NC[C@@H]1CCCCN1)[C@H]1COc2ccccc2O1. The van der Waals surface area contributed by atoms with Gasteiger partial charge >= 0.3 is 0 Å². The van der Waals surface area contributed by atoms with E-state index < -0.39 is 6.10 Å². The topological polar surface area (TPSA) is 59.6 Å². The van der Waals surface area contributed by atoms with E-state index in [0.29, 0.717) is 24.1 Å². The molecular formula is C15H20N2O3. The van der Waals surface area contributed by atoms with Gasteiger partial charge in [-0.25, -0.2) is 0 Å². The van der Waals surface area contributed by atoms with Gasteiger partial charge in [-0.15, -0.1) is 0 Å². The lowest BCUT2D eigenvalue weighted by atomic mass is 10.1. The molecule has 1 aromatic rings. The summed E-state index contributed by atoms with van der Waals surface area (Å²) in [4.78, 5) is 12.1. The first kappa shape index (κ1) is 13.2. The van der Waals surface area contributed by atoms with Gasteiger partial charge < -0.3 is 20.1 Å². The molecule has 0 saturated carbocycles. The number of para-hydroxylation sites is 2. The molecule has 3 rings (SSSR count). The maximum absolute atomic E-state index is 12.1. The molecule has 0 aromatic heterocycles. The van der Waals surface area contributed by atoms with Crippen molar-refractivity contribution in [3.8, 4) is 11.5 Å². The van der Waals surface area contributed by atoms with Gasteiger partial charge in [-0.05, 0) is 31.5 Å². The van der Waals surface area contributed by atoms with Gasteiger partial charge in [0, 0.05) is 12.6 Å². The lowest BCUT2D eigenvalue weighted by Crippen LogP contribution is -2.49. The van der Waals surface area contributed by atoms with Crippen molar-refractivity contribution in [2.24, 2.45) is 0 Å². The molecule has 0 aliphatic carbocycles. The Kier molecular flexibility index (Phi) is 4.06. The number of hydrogen-bond donors (Lipinski definition) is 2. The second-order valence-corrected chi connectivity index (χ2v) is 5.26. The van der Waals surface area contributed by atoms with Gasteiger partial charge in [0.25, 0.3) is 5.91 Å². The summed E-state index contributed by atoms with van der Waals surface area (Å²) in [5, 5.41) is 6.35. The molecule has 20 heavy (non-hydrogen) atoms. The first-order valence-corrected chi connectivity index (χ1v) is 7.22. The van der Waals surface area contributed by atoms with Crippen LogP contribution in [0.4, 0.5) is 0 Å². The third-order valence-corrected chi connectivity index (χ3v) is 3.74. The summed E-state index contributed by atoms with van der Waals surface area (Å²) in [5.41, 5.74) is 0. The Hall–Kier alpha value is -1.75. The van der Waals surface area contributed by atoms with Crippen LogP contribution in [0.1, 0.15) is 19.3 Å². The summed E-state index contributed by atoms with van der Waals surface area (Å²) < 4.78 is 11.2. The highest BCUT2D eigenvalue weighted by Gasteiger charge is 2.27. The number of hydrogen-bond acceptors (Lipinski definition) is 4. The fraction of sp³-hybridized carbons (Fsp3) is 0.533. The minimum absolute atomic E-state index is 0.105. The van der Waals surface area contributed by atoms with Crippen LogP contribution in [0.15, 0.2) is 24.3 Å². The number of rotatable bonds is 3. The highest BCUT2D eigenvalue weighted by Crippen LogP contribution is 2.30. The van der Waals surface area contributed by atoms with Crippen molar-refractivity contribution in [1.82, 2.24) is 10.6 Å². The molecule has 5 nitrogen and oxygen atoms in total. The van der Waals surface area contributed by atoms with Crippen LogP contribution in [0.3, 0.4) is 0 Å². The van der Waals surface area contributed by atoms with Crippen molar-refractivity contribution in [2.45, 2.75) is 31.4 Å². The van der Waals surface area contributed by atoms with Gasteiger partial charge in [0.15, 0.2) is 11.5 Å². The summed E-state index contributed by atoms with van der Waals surface area (Å²) in [6, 6.07) is 7.79. The Bertz CT molecular complexity index is 472. The fourth-order valence-corrected chi connectivity index (χ4v) is 2.58. The first-order chi connectivity index (χ1) is 9.83.